The first-order chi connectivity index (χ1) is 16.1. The molecule has 1 aliphatic rings. The van der Waals surface area contributed by atoms with Crippen LogP contribution in [0.15, 0.2) is 54.6 Å². The summed E-state index contributed by atoms with van der Waals surface area (Å²) < 4.78 is 0. The zero-order valence-electron chi connectivity index (χ0n) is 21.0. The second kappa shape index (κ2) is 10.9. The number of nitrogens with one attached hydrogen (secondary N) is 1. The number of hydrogen-bond donors (Lipinski definition) is 1. The second-order valence-electron chi connectivity index (χ2n) is 10.3. The second-order valence-corrected chi connectivity index (χ2v) is 10.3. The van der Waals surface area contributed by atoms with E-state index >= 15 is 0 Å². The van der Waals surface area contributed by atoms with Crippen molar-refractivity contribution in [1.29, 1.82) is 0 Å². The van der Waals surface area contributed by atoms with Crippen molar-refractivity contribution in [3.8, 4) is 0 Å². The maximum Gasteiger partial charge on any atom is 0.227 e. The quantitative estimate of drug-likeness (QED) is 0.654. The summed E-state index contributed by atoms with van der Waals surface area (Å²) in [7, 11) is 0. The molecule has 1 unspecified atom stereocenters. The van der Waals surface area contributed by atoms with Gasteiger partial charge in [-0.3, -0.25) is 14.4 Å². The number of nitrogens with zero attached hydrogens (tertiary/aromatic N) is 2. The van der Waals surface area contributed by atoms with Gasteiger partial charge >= 0.3 is 0 Å². The van der Waals surface area contributed by atoms with Gasteiger partial charge < -0.3 is 15.1 Å². The van der Waals surface area contributed by atoms with Gasteiger partial charge in [-0.2, -0.15) is 0 Å². The van der Waals surface area contributed by atoms with Gasteiger partial charge in [0.1, 0.15) is 0 Å². The number of benzene rings is 2. The number of hydrogen-bond acceptors (Lipinski definition) is 3. The van der Waals surface area contributed by atoms with E-state index in [0.717, 1.165) is 16.8 Å². The molecule has 6 nitrogen and oxygen atoms in total. The number of carbonyl (C=O) groups is 3. The van der Waals surface area contributed by atoms with Crippen molar-refractivity contribution < 1.29 is 14.4 Å². The van der Waals surface area contributed by atoms with Gasteiger partial charge in [0.2, 0.25) is 17.7 Å². The highest BCUT2D eigenvalue weighted by Gasteiger charge is 2.35. The molecule has 0 spiro atoms. The highest BCUT2D eigenvalue weighted by molar-refractivity contribution is 5.88. The highest BCUT2D eigenvalue weighted by atomic mass is 16.2. The molecule has 0 aromatic heterocycles. The largest absolute Gasteiger partial charge is 0.342 e. The minimum Gasteiger partial charge on any atom is -0.342 e. The lowest BCUT2D eigenvalue weighted by atomic mass is 9.90. The van der Waals surface area contributed by atoms with Crippen LogP contribution in [0.2, 0.25) is 0 Å². The van der Waals surface area contributed by atoms with Gasteiger partial charge in [0.05, 0.1) is 6.04 Å². The molecule has 0 aliphatic carbocycles. The number of likely N-dealkylation sites (tertiary alicyclic amines) is 1. The van der Waals surface area contributed by atoms with Crippen LogP contribution in [0.5, 0.6) is 0 Å². The predicted octanol–water partition coefficient (Wildman–Crippen LogP) is 5.02. The fraction of sp³-hybridized carbons (Fsp3) is 0.464. The van der Waals surface area contributed by atoms with Crippen molar-refractivity contribution in [2.75, 3.05) is 18.4 Å². The van der Waals surface area contributed by atoms with Crippen LogP contribution in [0.3, 0.4) is 0 Å². The van der Waals surface area contributed by atoms with Crippen LogP contribution in [0.25, 0.3) is 0 Å². The molecule has 1 saturated heterocycles. The van der Waals surface area contributed by atoms with Crippen LogP contribution in [0.1, 0.15) is 64.6 Å². The van der Waals surface area contributed by atoms with Crippen molar-refractivity contribution >= 4 is 23.4 Å². The highest BCUT2D eigenvalue weighted by Crippen LogP contribution is 2.30. The maximum atomic E-state index is 13.8. The van der Waals surface area contributed by atoms with Crippen LogP contribution in [0.4, 0.5) is 5.69 Å². The van der Waals surface area contributed by atoms with Crippen LogP contribution >= 0.6 is 0 Å². The molecule has 2 aromatic carbocycles. The zero-order chi connectivity index (χ0) is 24.9. The van der Waals surface area contributed by atoms with Gasteiger partial charge in [0.15, 0.2) is 0 Å². The summed E-state index contributed by atoms with van der Waals surface area (Å²) in [5, 5.41) is 2.83. The van der Waals surface area contributed by atoms with Crippen LogP contribution in [0, 0.1) is 11.3 Å². The van der Waals surface area contributed by atoms with Gasteiger partial charge in [-0.1, -0.05) is 63.2 Å². The zero-order valence-corrected chi connectivity index (χ0v) is 21.0. The minimum absolute atomic E-state index is 0.115. The van der Waals surface area contributed by atoms with Crippen LogP contribution < -0.4 is 5.32 Å². The molecule has 3 amide bonds. The monoisotopic (exact) mass is 463 g/mol. The van der Waals surface area contributed by atoms with Crippen LogP contribution in [-0.4, -0.2) is 40.6 Å². The van der Waals surface area contributed by atoms with Crippen molar-refractivity contribution in [2.45, 2.75) is 60.0 Å². The first-order valence-electron chi connectivity index (χ1n) is 12.1. The summed E-state index contributed by atoms with van der Waals surface area (Å²) in [5.74, 6) is 0.0131. The molecular weight excluding hydrogens is 426 g/mol. The maximum absolute atomic E-state index is 13.8. The number of amides is 3. The molecule has 1 N–H and O–H groups in total. The molecule has 1 aliphatic heterocycles. The van der Waals surface area contributed by atoms with E-state index in [2.05, 4.69) is 5.32 Å². The van der Waals surface area contributed by atoms with Gasteiger partial charge in [-0.15, -0.1) is 0 Å². The minimum atomic E-state index is -0.413. The van der Waals surface area contributed by atoms with Crippen molar-refractivity contribution in [3.63, 3.8) is 0 Å². The molecule has 182 valence electrons. The molecule has 1 atom stereocenters. The van der Waals surface area contributed by atoms with E-state index in [1.807, 2.05) is 92.1 Å². The number of carbonyl (C=O) groups excluding carboxylic acids is 3. The van der Waals surface area contributed by atoms with E-state index in [1.54, 1.807) is 0 Å². The fourth-order valence-corrected chi connectivity index (χ4v) is 4.48. The summed E-state index contributed by atoms with van der Waals surface area (Å²) in [6, 6.07) is 17.5. The van der Waals surface area contributed by atoms with Crippen molar-refractivity contribution in [3.05, 3.63) is 65.7 Å². The SMILES string of the molecule is CC(=O)Nc1cccc(C(C)N(Cc2ccccc2)C(=O)C2CCN(C(=O)C(C)(C)C)CC2)c1. The van der Waals surface area contributed by atoms with Crippen molar-refractivity contribution in [2.24, 2.45) is 11.3 Å². The molecule has 34 heavy (non-hydrogen) atoms. The Kier molecular flexibility index (Phi) is 8.13. The Bertz CT molecular complexity index is 1010. The first kappa shape index (κ1) is 25.5. The lowest BCUT2D eigenvalue weighted by molar-refractivity contribution is -0.146. The Hall–Kier alpha value is -3.15. The lowest BCUT2D eigenvalue weighted by Gasteiger charge is -2.38. The van der Waals surface area contributed by atoms with Crippen molar-refractivity contribution in [1.82, 2.24) is 9.80 Å². The summed E-state index contributed by atoms with van der Waals surface area (Å²) >= 11 is 0. The summed E-state index contributed by atoms with van der Waals surface area (Å²) in [5.41, 5.74) is 2.35. The van der Waals surface area contributed by atoms with Gasteiger partial charge in [0, 0.05) is 43.6 Å². The molecule has 3 rings (SSSR count). The average Bonchev–Trinajstić information content (AvgIpc) is 2.81. The van der Waals surface area contributed by atoms with Gasteiger partial charge in [-0.25, -0.2) is 0 Å². The Morgan fingerprint density at radius 2 is 1.68 bits per heavy atom. The smallest absolute Gasteiger partial charge is 0.227 e. The third kappa shape index (κ3) is 6.46. The summed E-state index contributed by atoms with van der Waals surface area (Å²) in [6.45, 7) is 11.0. The summed E-state index contributed by atoms with van der Waals surface area (Å²) in [6.07, 6.45) is 1.34. The third-order valence-electron chi connectivity index (χ3n) is 6.41. The Morgan fingerprint density at radius 3 is 2.26 bits per heavy atom. The van der Waals surface area contributed by atoms with E-state index in [4.69, 9.17) is 0 Å². The predicted molar refractivity (Wildman–Crippen MR) is 135 cm³/mol. The topological polar surface area (TPSA) is 69.7 Å². The van der Waals surface area contributed by atoms with E-state index in [9.17, 15) is 14.4 Å². The number of anilines is 1. The number of rotatable bonds is 6. The van der Waals surface area contributed by atoms with Gasteiger partial charge in [-0.05, 0) is 43.0 Å². The summed E-state index contributed by atoms with van der Waals surface area (Å²) in [4.78, 5) is 41.8. The molecule has 1 heterocycles. The standard InChI is InChI=1S/C28H37N3O3/c1-20(24-12-9-13-25(18-24)29-21(2)32)31(19-22-10-7-6-8-11-22)26(33)23-14-16-30(17-15-23)27(34)28(3,4)5/h6-13,18,20,23H,14-17,19H2,1-5H3,(H,29,32). The average molecular weight is 464 g/mol. The van der Waals surface area contributed by atoms with E-state index in [0.29, 0.717) is 32.5 Å². The first-order valence-corrected chi connectivity index (χ1v) is 12.1. The normalized spacial score (nSPS) is 15.5. The van der Waals surface area contributed by atoms with E-state index < -0.39 is 5.41 Å². The molecule has 6 heteroatoms. The Labute approximate surface area is 203 Å². The van der Waals surface area contributed by atoms with Gasteiger partial charge in [0.25, 0.3) is 0 Å². The molecule has 1 fully saturated rings. The van der Waals surface area contributed by atoms with Crippen LogP contribution in [-0.2, 0) is 20.9 Å². The molecule has 0 saturated carbocycles. The Morgan fingerprint density at radius 1 is 1.03 bits per heavy atom. The Balaban J connectivity index is 1.80. The van der Waals surface area contributed by atoms with E-state index in [-0.39, 0.29) is 29.7 Å². The molecular formula is C28H37N3O3. The molecule has 0 bridgehead atoms. The third-order valence-corrected chi connectivity index (χ3v) is 6.41. The molecule has 0 radical (unpaired) electrons. The molecule has 2 aromatic rings. The number of piperidine rings is 1. The fourth-order valence-electron chi connectivity index (χ4n) is 4.48. The lowest BCUT2D eigenvalue weighted by Crippen LogP contribution is -2.47. The van der Waals surface area contributed by atoms with E-state index in [1.165, 1.54) is 6.92 Å².